The van der Waals surface area contributed by atoms with Crippen molar-refractivity contribution in [1.82, 2.24) is 9.80 Å². The van der Waals surface area contributed by atoms with Crippen molar-refractivity contribution in [3.63, 3.8) is 0 Å². The molecule has 0 saturated carbocycles. The molecule has 5 nitrogen and oxygen atoms in total. The lowest BCUT2D eigenvalue weighted by molar-refractivity contribution is -0.117. The third-order valence-electron chi connectivity index (χ3n) is 4.79. The number of benzene rings is 2. The highest BCUT2D eigenvalue weighted by Crippen LogP contribution is 2.32. The van der Waals surface area contributed by atoms with E-state index in [-0.39, 0.29) is 17.9 Å². The maximum Gasteiger partial charge on any atom is 0.253 e. The lowest BCUT2D eigenvalue weighted by atomic mass is 10.0. The van der Waals surface area contributed by atoms with Crippen LogP contribution in [0.25, 0.3) is 0 Å². The molecule has 0 aliphatic carbocycles. The Morgan fingerprint density at radius 2 is 1.78 bits per heavy atom. The van der Waals surface area contributed by atoms with E-state index in [4.69, 9.17) is 11.6 Å². The molecule has 2 amide bonds. The fourth-order valence-corrected chi connectivity index (χ4v) is 3.54. The summed E-state index contributed by atoms with van der Waals surface area (Å²) in [6.07, 6.45) is 2.11. The molecule has 1 aliphatic heterocycles. The number of nitrogens with one attached hydrogen (secondary N) is 1. The third kappa shape index (κ3) is 4.87. The maximum atomic E-state index is 12.5. The van der Waals surface area contributed by atoms with E-state index in [1.165, 1.54) is 10.5 Å². The summed E-state index contributed by atoms with van der Waals surface area (Å²) in [5.74, 6) is -0.113. The van der Waals surface area contributed by atoms with Crippen molar-refractivity contribution < 1.29 is 9.59 Å². The zero-order valence-corrected chi connectivity index (χ0v) is 16.4. The van der Waals surface area contributed by atoms with E-state index in [2.05, 4.69) is 10.2 Å². The molecule has 1 N–H and O–H groups in total. The molecule has 0 radical (unpaired) electrons. The molecular weight excluding hydrogens is 362 g/mol. The third-order valence-corrected chi connectivity index (χ3v) is 5.04. The van der Waals surface area contributed by atoms with Crippen molar-refractivity contribution >= 4 is 29.1 Å². The van der Waals surface area contributed by atoms with Crippen molar-refractivity contribution in [3.05, 3.63) is 64.7 Å². The molecule has 1 atom stereocenters. The summed E-state index contributed by atoms with van der Waals surface area (Å²) in [6.45, 7) is 1.24. The van der Waals surface area contributed by atoms with E-state index >= 15 is 0 Å². The van der Waals surface area contributed by atoms with Crippen LogP contribution >= 0.6 is 11.6 Å². The fourth-order valence-electron chi connectivity index (χ4n) is 3.42. The highest BCUT2D eigenvalue weighted by Gasteiger charge is 2.27. The second-order valence-electron chi connectivity index (χ2n) is 7.01. The van der Waals surface area contributed by atoms with Crippen molar-refractivity contribution in [2.75, 3.05) is 32.5 Å². The lowest BCUT2D eigenvalue weighted by Crippen LogP contribution is -2.33. The van der Waals surface area contributed by atoms with Gasteiger partial charge in [-0.1, -0.05) is 23.7 Å². The summed E-state index contributed by atoms with van der Waals surface area (Å²) >= 11 is 5.98. The van der Waals surface area contributed by atoms with Gasteiger partial charge < -0.3 is 10.2 Å². The Morgan fingerprint density at radius 1 is 1.11 bits per heavy atom. The molecule has 2 aromatic rings. The Balaban J connectivity index is 1.60. The molecule has 1 aliphatic rings. The van der Waals surface area contributed by atoms with Gasteiger partial charge in [-0.2, -0.15) is 0 Å². The maximum absolute atomic E-state index is 12.5. The minimum Gasteiger partial charge on any atom is -0.345 e. The summed E-state index contributed by atoms with van der Waals surface area (Å²) in [7, 11) is 3.43. The van der Waals surface area contributed by atoms with Crippen LogP contribution in [0.5, 0.6) is 0 Å². The molecule has 1 unspecified atom stereocenters. The first-order valence-corrected chi connectivity index (χ1v) is 9.43. The normalized spacial score (nSPS) is 16.9. The van der Waals surface area contributed by atoms with E-state index in [1.807, 2.05) is 24.3 Å². The van der Waals surface area contributed by atoms with Gasteiger partial charge in [0, 0.05) is 36.4 Å². The first kappa shape index (κ1) is 19.4. The van der Waals surface area contributed by atoms with Crippen molar-refractivity contribution in [2.24, 2.45) is 0 Å². The predicted octanol–water partition coefficient (Wildman–Crippen LogP) is 3.82. The van der Waals surface area contributed by atoms with E-state index in [0.717, 1.165) is 24.4 Å². The quantitative estimate of drug-likeness (QED) is 0.851. The van der Waals surface area contributed by atoms with Gasteiger partial charge in [-0.05, 0) is 61.3 Å². The SMILES string of the molecule is CN(C)C(=O)c1ccc(NC(=O)CN2CCCC2c2ccc(Cl)cc2)cc1. The van der Waals surface area contributed by atoms with Crippen LogP contribution in [-0.4, -0.2) is 48.8 Å². The van der Waals surface area contributed by atoms with Crippen LogP contribution < -0.4 is 5.32 Å². The Morgan fingerprint density at radius 3 is 2.41 bits per heavy atom. The fraction of sp³-hybridized carbons (Fsp3) is 0.333. The van der Waals surface area contributed by atoms with E-state index < -0.39 is 0 Å². The molecule has 27 heavy (non-hydrogen) atoms. The topological polar surface area (TPSA) is 52.7 Å². The average Bonchev–Trinajstić information content (AvgIpc) is 3.10. The lowest BCUT2D eigenvalue weighted by Gasteiger charge is -2.24. The standard InChI is InChI=1S/C21H24ClN3O2/c1-24(2)21(27)16-7-11-18(12-8-16)23-20(26)14-25-13-3-4-19(25)15-5-9-17(22)10-6-15/h5-12,19H,3-4,13-14H2,1-2H3,(H,23,26). The van der Waals surface area contributed by atoms with Gasteiger partial charge in [-0.3, -0.25) is 14.5 Å². The number of anilines is 1. The Kier molecular flexibility index (Phi) is 6.14. The number of rotatable bonds is 5. The minimum atomic E-state index is -0.0595. The van der Waals surface area contributed by atoms with Gasteiger partial charge in [0.25, 0.3) is 5.91 Å². The van der Waals surface area contributed by atoms with Crippen LogP contribution in [0.3, 0.4) is 0 Å². The molecule has 0 aromatic heterocycles. The Bertz CT molecular complexity index is 803. The van der Waals surface area contributed by atoms with E-state index in [1.54, 1.807) is 38.4 Å². The van der Waals surface area contributed by atoms with Crippen molar-refractivity contribution in [3.8, 4) is 0 Å². The summed E-state index contributed by atoms with van der Waals surface area (Å²) in [5.41, 5.74) is 2.48. The molecule has 1 saturated heterocycles. The minimum absolute atomic E-state index is 0.0532. The number of carbonyl (C=O) groups is 2. The number of amides is 2. The Hall–Kier alpha value is -2.37. The van der Waals surface area contributed by atoms with Gasteiger partial charge in [0.2, 0.25) is 5.91 Å². The number of halogens is 1. The van der Waals surface area contributed by atoms with Gasteiger partial charge in [-0.15, -0.1) is 0 Å². The highest BCUT2D eigenvalue weighted by molar-refractivity contribution is 6.30. The summed E-state index contributed by atoms with van der Waals surface area (Å²) in [6, 6.07) is 15.1. The van der Waals surface area contributed by atoms with Gasteiger partial charge in [0.15, 0.2) is 0 Å². The molecule has 1 heterocycles. The number of likely N-dealkylation sites (tertiary alicyclic amines) is 1. The molecule has 142 valence electrons. The molecule has 0 bridgehead atoms. The molecule has 0 spiro atoms. The summed E-state index contributed by atoms with van der Waals surface area (Å²) < 4.78 is 0. The van der Waals surface area contributed by atoms with Crippen molar-refractivity contribution in [1.29, 1.82) is 0 Å². The van der Waals surface area contributed by atoms with Gasteiger partial charge in [0.05, 0.1) is 6.54 Å². The second kappa shape index (κ2) is 8.55. The Labute approximate surface area is 164 Å². The average molecular weight is 386 g/mol. The first-order chi connectivity index (χ1) is 12.9. The summed E-state index contributed by atoms with van der Waals surface area (Å²) in [5, 5.41) is 3.64. The monoisotopic (exact) mass is 385 g/mol. The molecular formula is C21H24ClN3O2. The zero-order valence-electron chi connectivity index (χ0n) is 15.6. The molecule has 6 heteroatoms. The smallest absolute Gasteiger partial charge is 0.253 e. The van der Waals surface area contributed by atoms with Crippen LogP contribution in [0.2, 0.25) is 5.02 Å². The van der Waals surface area contributed by atoms with Gasteiger partial charge >= 0.3 is 0 Å². The first-order valence-electron chi connectivity index (χ1n) is 9.05. The largest absolute Gasteiger partial charge is 0.345 e. The van der Waals surface area contributed by atoms with Gasteiger partial charge in [-0.25, -0.2) is 0 Å². The molecule has 2 aromatic carbocycles. The number of hydrogen-bond donors (Lipinski definition) is 1. The highest BCUT2D eigenvalue weighted by atomic mass is 35.5. The predicted molar refractivity (Wildman–Crippen MR) is 108 cm³/mol. The summed E-state index contributed by atoms with van der Waals surface area (Å²) in [4.78, 5) is 28.1. The second-order valence-corrected chi connectivity index (χ2v) is 7.44. The number of hydrogen-bond acceptors (Lipinski definition) is 3. The molecule has 1 fully saturated rings. The number of nitrogens with zero attached hydrogens (tertiary/aromatic N) is 2. The van der Waals surface area contributed by atoms with Crippen molar-refractivity contribution in [2.45, 2.75) is 18.9 Å². The van der Waals surface area contributed by atoms with Crippen LogP contribution in [0.4, 0.5) is 5.69 Å². The zero-order chi connectivity index (χ0) is 19.4. The number of carbonyl (C=O) groups excluding carboxylic acids is 2. The van der Waals surface area contributed by atoms with Crippen LogP contribution in [-0.2, 0) is 4.79 Å². The van der Waals surface area contributed by atoms with Crippen LogP contribution in [0, 0.1) is 0 Å². The molecule has 3 rings (SSSR count). The van der Waals surface area contributed by atoms with E-state index in [9.17, 15) is 9.59 Å². The van der Waals surface area contributed by atoms with Gasteiger partial charge in [0.1, 0.15) is 0 Å². The van der Waals surface area contributed by atoms with E-state index in [0.29, 0.717) is 17.8 Å². The van der Waals surface area contributed by atoms with Crippen LogP contribution in [0.1, 0.15) is 34.8 Å². The van der Waals surface area contributed by atoms with Crippen LogP contribution in [0.15, 0.2) is 48.5 Å².